The topological polar surface area (TPSA) is 60.9 Å². The smallest absolute Gasteiger partial charge is 0.282 e. The number of hydrogen-bond donors (Lipinski definition) is 1. The van der Waals surface area contributed by atoms with Crippen molar-refractivity contribution < 1.29 is 23.5 Å². The number of rotatable bonds is 4. The minimum Gasteiger partial charge on any atom is -0.396 e. The minimum absolute atomic E-state index is 0.000521. The van der Waals surface area contributed by atoms with Gasteiger partial charge >= 0.3 is 0 Å². The molecular formula is C22H20F2N2O3. The van der Waals surface area contributed by atoms with Crippen LogP contribution in [0.3, 0.4) is 0 Å². The number of anilines is 1. The van der Waals surface area contributed by atoms with Gasteiger partial charge in [0.1, 0.15) is 17.3 Å². The number of benzene rings is 2. The fourth-order valence-electron chi connectivity index (χ4n) is 3.93. The first kappa shape index (κ1) is 19.3. The lowest BCUT2D eigenvalue weighted by molar-refractivity contribution is -0.120. The molecule has 0 radical (unpaired) electrons. The van der Waals surface area contributed by atoms with E-state index in [0.29, 0.717) is 18.7 Å². The zero-order valence-corrected chi connectivity index (χ0v) is 15.6. The van der Waals surface area contributed by atoms with Gasteiger partial charge in [-0.3, -0.25) is 9.59 Å². The van der Waals surface area contributed by atoms with E-state index in [2.05, 4.69) is 0 Å². The molecule has 0 bridgehead atoms. The number of imide groups is 1. The average molecular weight is 398 g/mol. The summed E-state index contributed by atoms with van der Waals surface area (Å²) in [4.78, 5) is 29.4. The van der Waals surface area contributed by atoms with Crippen molar-refractivity contribution in [3.8, 4) is 0 Å². The average Bonchev–Trinajstić information content (AvgIpc) is 2.99. The zero-order valence-electron chi connectivity index (χ0n) is 15.6. The Labute approximate surface area is 166 Å². The summed E-state index contributed by atoms with van der Waals surface area (Å²) >= 11 is 0. The molecule has 0 spiro atoms. The molecule has 1 unspecified atom stereocenters. The largest absolute Gasteiger partial charge is 0.396 e. The zero-order chi connectivity index (χ0) is 20.5. The second kappa shape index (κ2) is 7.75. The fourth-order valence-corrected chi connectivity index (χ4v) is 3.93. The second-order valence-electron chi connectivity index (χ2n) is 7.29. The van der Waals surface area contributed by atoms with Crippen LogP contribution in [0.2, 0.25) is 0 Å². The molecule has 2 amide bonds. The third-order valence-electron chi connectivity index (χ3n) is 5.37. The van der Waals surface area contributed by atoms with Crippen LogP contribution in [0.1, 0.15) is 18.4 Å². The molecule has 2 aliphatic heterocycles. The van der Waals surface area contributed by atoms with Gasteiger partial charge in [-0.2, -0.15) is 0 Å². The number of nitrogens with zero attached hydrogens (tertiary/aromatic N) is 2. The fraction of sp³-hybridized carbons (Fsp3) is 0.273. The number of halogens is 2. The van der Waals surface area contributed by atoms with Crippen LogP contribution in [0, 0.1) is 17.6 Å². The highest BCUT2D eigenvalue weighted by atomic mass is 19.1. The van der Waals surface area contributed by atoms with E-state index in [-0.39, 0.29) is 29.5 Å². The molecule has 1 atom stereocenters. The lowest BCUT2D eigenvalue weighted by Crippen LogP contribution is -2.40. The molecule has 1 saturated heterocycles. The number of hydrogen-bond acceptors (Lipinski definition) is 4. The van der Waals surface area contributed by atoms with E-state index in [1.165, 1.54) is 48.5 Å². The SMILES string of the molecule is O=C1C(c2ccc(F)cc2)=C(N2CCCC(CO)C2)C(=O)N1c1ccc(F)cc1. The van der Waals surface area contributed by atoms with Gasteiger partial charge in [-0.25, -0.2) is 13.7 Å². The van der Waals surface area contributed by atoms with Crippen LogP contribution in [0.5, 0.6) is 0 Å². The van der Waals surface area contributed by atoms with Crippen LogP contribution >= 0.6 is 0 Å². The van der Waals surface area contributed by atoms with Crippen molar-refractivity contribution in [2.75, 3.05) is 24.6 Å². The number of carbonyl (C=O) groups is 2. The Morgan fingerprint density at radius 2 is 1.55 bits per heavy atom. The summed E-state index contributed by atoms with van der Waals surface area (Å²) in [5.74, 6) is -1.94. The Balaban J connectivity index is 1.80. The molecule has 1 N–H and O–H groups in total. The third kappa shape index (κ3) is 3.53. The molecule has 5 nitrogen and oxygen atoms in total. The number of amides is 2. The summed E-state index contributed by atoms with van der Waals surface area (Å²) in [7, 11) is 0. The highest BCUT2D eigenvalue weighted by molar-refractivity contribution is 6.45. The molecule has 0 aromatic heterocycles. The van der Waals surface area contributed by atoms with Crippen molar-refractivity contribution in [1.82, 2.24) is 4.90 Å². The van der Waals surface area contributed by atoms with Gasteiger partial charge < -0.3 is 10.0 Å². The van der Waals surface area contributed by atoms with Crippen LogP contribution in [0.25, 0.3) is 5.57 Å². The van der Waals surface area contributed by atoms with Crippen molar-refractivity contribution in [1.29, 1.82) is 0 Å². The van der Waals surface area contributed by atoms with Gasteiger partial charge in [0.15, 0.2) is 0 Å². The summed E-state index contributed by atoms with van der Waals surface area (Å²) in [6, 6.07) is 10.6. The van der Waals surface area contributed by atoms with Crippen LogP contribution in [-0.4, -0.2) is 41.5 Å². The normalized spacial score (nSPS) is 20.0. The Morgan fingerprint density at radius 3 is 2.17 bits per heavy atom. The van der Waals surface area contributed by atoms with E-state index in [1.54, 1.807) is 0 Å². The number of piperidine rings is 1. The molecular weight excluding hydrogens is 378 g/mol. The van der Waals surface area contributed by atoms with Gasteiger partial charge in [-0.15, -0.1) is 0 Å². The standard InChI is InChI=1S/C22H20F2N2O3/c23-16-5-3-15(4-6-16)19-20(25-11-1-2-14(12-25)13-27)22(29)26(21(19)28)18-9-7-17(24)8-10-18/h3-10,14,27H,1-2,11-13H2. The van der Waals surface area contributed by atoms with E-state index in [0.717, 1.165) is 17.7 Å². The highest BCUT2D eigenvalue weighted by Gasteiger charge is 2.43. The molecule has 29 heavy (non-hydrogen) atoms. The Morgan fingerprint density at radius 1 is 0.931 bits per heavy atom. The lowest BCUT2D eigenvalue weighted by Gasteiger charge is -2.34. The van der Waals surface area contributed by atoms with Crippen LogP contribution in [0.15, 0.2) is 54.2 Å². The van der Waals surface area contributed by atoms with E-state index in [4.69, 9.17) is 0 Å². The first-order valence-electron chi connectivity index (χ1n) is 9.50. The molecule has 4 rings (SSSR count). The number of aliphatic hydroxyl groups is 1. The van der Waals surface area contributed by atoms with E-state index >= 15 is 0 Å². The Hall–Kier alpha value is -3.06. The summed E-state index contributed by atoms with van der Waals surface area (Å²) in [5, 5.41) is 9.56. The molecule has 2 heterocycles. The molecule has 2 aromatic carbocycles. The predicted octanol–water partition coefficient (Wildman–Crippen LogP) is 2.95. The number of likely N-dealkylation sites (tertiary alicyclic amines) is 1. The predicted molar refractivity (Wildman–Crippen MR) is 104 cm³/mol. The summed E-state index contributed by atoms with van der Waals surface area (Å²) < 4.78 is 26.8. The number of carbonyl (C=O) groups excluding carboxylic acids is 2. The van der Waals surface area contributed by atoms with Crippen LogP contribution in [-0.2, 0) is 9.59 Å². The molecule has 2 aliphatic rings. The molecule has 0 saturated carbocycles. The van der Waals surface area contributed by atoms with Gasteiger partial charge in [0, 0.05) is 19.7 Å². The molecule has 2 aromatic rings. The third-order valence-corrected chi connectivity index (χ3v) is 5.37. The van der Waals surface area contributed by atoms with Crippen LogP contribution in [0.4, 0.5) is 14.5 Å². The Bertz CT molecular complexity index is 971. The van der Waals surface area contributed by atoms with Gasteiger partial charge in [0.05, 0.1) is 11.3 Å². The highest BCUT2D eigenvalue weighted by Crippen LogP contribution is 2.36. The monoisotopic (exact) mass is 398 g/mol. The number of aliphatic hydroxyl groups excluding tert-OH is 1. The van der Waals surface area contributed by atoms with Crippen molar-refractivity contribution in [3.05, 3.63) is 71.4 Å². The van der Waals surface area contributed by atoms with E-state index in [1.807, 2.05) is 4.90 Å². The maximum Gasteiger partial charge on any atom is 0.282 e. The molecule has 0 aliphatic carbocycles. The molecule has 150 valence electrons. The maximum atomic E-state index is 13.4. The second-order valence-corrected chi connectivity index (χ2v) is 7.29. The minimum atomic E-state index is -0.533. The first-order chi connectivity index (χ1) is 14.0. The van der Waals surface area contributed by atoms with Gasteiger partial charge in [-0.05, 0) is 60.7 Å². The quantitative estimate of drug-likeness (QED) is 0.805. The molecule has 1 fully saturated rings. The van der Waals surface area contributed by atoms with E-state index < -0.39 is 23.4 Å². The van der Waals surface area contributed by atoms with Crippen LogP contribution < -0.4 is 4.90 Å². The van der Waals surface area contributed by atoms with E-state index in [9.17, 15) is 23.5 Å². The summed E-state index contributed by atoms with van der Waals surface area (Å²) in [6.07, 6.45) is 1.62. The van der Waals surface area contributed by atoms with Gasteiger partial charge in [0.25, 0.3) is 11.8 Å². The van der Waals surface area contributed by atoms with Gasteiger partial charge in [-0.1, -0.05) is 12.1 Å². The van der Waals surface area contributed by atoms with Gasteiger partial charge in [0.2, 0.25) is 0 Å². The van der Waals surface area contributed by atoms with Crippen molar-refractivity contribution in [3.63, 3.8) is 0 Å². The first-order valence-corrected chi connectivity index (χ1v) is 9.50. The summed E-state index contributed by atoms with van der Waals surface area (Å²) in [5.41, 5.74) is 1.14. The maximum absolute atomic E-state index is 13.4. The van der Waals surface area contributed by atoms with Crippen molar-refractivity contribution in [2.24, 2.45) is 5.92 Å². The Kier molecular flexibility index (Phi) is 5.15. The lowest BCUT2D eigenvalue weighted by atomic mass is 9.97. The van der Waals surface area contributed by atoms with Crippen molar-refractivity contribution >= 4 is 23.1 Å². The molecule has 7 heteroatoms. The van der Waals surface area contributed by atoms with Crippen molar-refractivity contribution in [2.45, 2.75) is 12.8 Å². The summed E-state index contributed by atoms with van der Waals surface area (Å²) in [6.45, 7) is 1.03.